The lowest BCUT2D eigenvalue weighted by Crippen LogP contribution is -2.46. The van der Waals surface area contributed by atoms with Gasteiger partial charge in [-0.25, -0.2) is 0 Å². The van der Waals surface area contributed by atoms with Crippen LogP contribution in [0, 0.1) is 0 Å². The molecule has 1 atom stereocenters. The van der Waals surface area contributed by atoms with Crippen molar-refractivity contribution in [2.75, 3.05) is 26.4 Å². The maximum absolute atomic E-state index is 11.2. The highest BCUT2D eigenvalue weighted by atomic mass is 32.1. The Hall–Kier alpha value is -0.750. The highest BCUT2D eigenvalue weighted by Gasteiger charge is 2.14. The second-order valence-corrected chi connectivity index (χ2v) is 2.78. The number of carbonyl (C=O) groups excluding carboxylic acids is 2. The van der Waals surface area contributed by atoms with Crippen molar-refractivity contribution < 1.29 is 9.59 Å². The van der Waals surface area contributed by atoms with Crippen LogP contribution in [0.15, 0.2) is 0 Å². The zero-order valence-electron chi connectivity index (χ0n) is 7.76. The number of hydrogen-bond donors (Lipinski definition) is 4. The fraction of sp³-hybridized carbons (Fsp3) is 0.714. The summed E-state index contributed by atoms with van der Waals surface area (Å²) in [5.41, 5.74) is 0. The van der Waals surface area contributed by atoms with Gasteiger partial charge in [0.1, 0.15) is 0 Å². The summed E-state index contributed by atoms with van der Waals surface area (Å²) in [6.45, 7) is 0.00128. The van der Waals surface area contributed by atoms with Crippen LogP contribution in [0.4, 0.5) is 0 Å². The fourth-order valence-corrected chi connectivity index (χ4v) is 1.03. The van der Waals surface area contributed by atoms with E-state index in [1.165, 1.54) is 7.05 Å². The Labute approximate surface area is 83.1 Å². The van der Waals surface area contributed by atoms with Gasteiger partial charge >= 0.3 is 0 Å². The number of carbonyl (C=O) groups is 2. The Balaban J connectivity index is 3.79. The van der Waals surface area contributed by atoms with Crippen molar-refractivity contribution in [1.29, 1.82) is 0 Å². The molecule has 0 aromatic rings. The Bertz CT molecular complexity index is 183. The molecular formula is C7H15N3O2S. The summed E-state index contributed by atoms with van der Waals surface area (Å²) in [7, 11) is 3.18. The van der Waals surface area contributed by atoms with Crippen molar-refractivity contribution >= 4 is 24.4 Å². The van der Waals surface area contributed by atoms with Gasteiger partial charge in [0.25, 0.3) is 0 Å². The van der Waals surface area contributed by atoms with Gasteiger partial charge in [0, 0.05) is 12.8 Å². The predicted molar refractivity (Wildman–Crippen MR) is 53.8 cm³/mol. The monoisotopic (exact) mass is 205 g/mol. The van der Waals surface area contributed by atoms with Crippen LogP contribution in [-0.2, 0) is 9.59 Å². The third-order valence-electron chi connectivity index (χ3n) is 1.55. The molecule has 13 heavy (non-hydrogen) atoms. The van der Waals surface area contributed by atoms with Gasteiger partial charge in [-0.2, -0.15) is 12.6 Å². The van der Waals surface area contributed by atoms with E-state index >= 15 is 0 Å². The van der Waals surface area contributed by atoms with Gasteiger partial charge in [0.05, 0.1) is 12.6 Å². The van der Waals surface area contributed by atoms with Crippen LogP contribution in [0.5, 0.6) is 0 Å². The van der Waals surface area contributed by atoms with Crippen molar-refractivity contribution in [2.24, 2.45) is 0 Å². The minimum absolute atomic E-state index is 0.00128. The van der Waals surface area contributed by atoms with Crippen LogP contribution in [0.3, 0.4) is 0 Å². The lowest BCUT2D eigenvalue weighted by molar-refractivity contribution is -0.126. The molecule has 0 aliphatic heterocycles. The summed E-state index contributed by atoms with van der Waals surface area (Å²) in [5.74, 6) is -0.0423. The lowest BCUT2D eigenvalue weighted by atomic mass is 10.3. The van der Waals surface area contributed by atoms with Gasteiger partial charge in [-0.1, -0.05) is 0 Å². The Morgan fingerprint density at radius 1 is 1.38 bits per heavy atom. The van der Waals surface area contributed by atoms with Gasteiger partial charge in [0.2, 0.25) is 11.8 Å². The number of amides is 2. The fourth-order valence-electron chi connectivity index (χ4n) is 0.684. The maximum atomic E-state index is 11.2. The molecule has 2 amide bonds. The molecule has 0 saturated carbocycles. The summed E-state index contributed by atoms with van der Waals surface area (Å²) in [6, 6.07) is -0.354. The van der Waals surface area contributed by atoms with Crippen molar-refractivity contribution in [3.05, 3.63) is 0 Å². The van der Waals surface area contributed by atoms with E-state index in [1.807, 2.05) is 0 Å². The van der Waals surface area contributed by atoms with Gasteiger partial charge in [-0.15, -0.1) is 0 Å². The number of hydrogen-bond acceptors (Lipinski definition) is 4. The van der Waals surface area contributed by atoms with Crippen LogP contribution in [0.1, 0.15) is 0 Å². The average molecular weight is 205 g/mol. The summed E-state index contributed by atoms with van der Waals surface area (Å²) in [5, 5.41) is 7.65. The summed E-state index contributed by atoms with van der Waals surface area (Å²) in [6.07, 6.45) is 0. The number of likely N-dealkylation sites (N-methyl/N-ethyl adjacent to an activating group) is 2. The second kappa shape index (κ2) is 6.73. The summed E-state index contributed by atoms with van der Waals surface area (Å²) in [4.78, 5) is 22.0. The van der Waals surface area contributed by atoms with Crippen LogP contribution in [-0.4, -0.2) is 44.2 Å². The van der Waals surface area contributed by atoms with E-state index < -0.39 is 0 Å². The molecule has 0 unspecified atom stereocenters. The standard InChI is InChI=1S/C7H15N3O2S/c1-8-5(4-13)7(12)10-3-6(11)9-2/h5,8,13H,3-4H2,1-2H3,(H,9,11)(H,10,12)/t5-/m0/s1. The SMILES string of the molecule is CNC(=O)CNC(=O)[C@H](CS)NC. The van der Waals surface area contributed by atoms with E-state index in [0.717, 1.165) is 0 Å². The van der Waals surface area contributed by atoms with E-state index in [2.05, 4.69) is 28.6 Å². The summed E-state index contributed by atoms with van der Waals surface area (Å²) >= 11 is 3.98. The first-order valence-corrected chi connectivity index (χ1v) is 4.55. The molecule has 0 fully saturated rings. The molecule has 3 N–H and O–H groups in total. The smallest absolute Gasteiger partial charge is 0.239 e. The van der Waals surface area contributed by atoms with E-state index in [0.29, 0.717) is 5.75 Å². The first-order valence-electron chi connectivity index (χ1n) is 3.92. The van der Waals surface area contributed by atoms with E-state index in [4.69, 9.17) is 0 Å². The third kappa shape index (κ3) is 4.74. The Morgan fingerprint density at radius 2 is 2.00 bits per heavy atom. The topological polar surface area (TPSA) is 70.2 Å². The van der Waals surface area contributed by atoms with E-state index in [-0.39, 0.29) is 24.4 Å². The molecule has 0 aliphatic carbocycles. The maximum Gasteiger partial charge on any atom is 0.239 e. The molecule has 0 aliphatic rings. The highest BCUT2D eigenvalue weighted by Crippen LogP contribution is 1.86. The normalized spacial score (nSPS) is 11.9. The molecule has 0 saturated heterocycles. The Morgan fingerprint density at radius 3 is 2.38 bits per heavy atom. The predicted octanol–water partition coefficient (Wildman–Crippen LogP) is -1.63. The highest BCUT2D eigenvalue weighted by molar-refractivity contribution is 7.80. The van der Waals surface area contributed by atoms with Crippen molar-refractivity contribution in [3.8, 4) is 0 Å². The van der Waals surface area contributed by atoms with Crippen molar-refractivity contribution in [2.45, 2.75) is 6.04 Å². The minimum atomic E-state index is -0.354. The zero-order valence-corrected chi connectivity index (χ0v) is 8.65. The largest absolute Gasteiger partial charge is 0.358 e. The van der Waals surface area contributed by atoms with Crippen LogP contribution < -0.4 is 16.0 Å². The number of nitrogens with one attached hydrogen (secondary N) is 3. The molecule has 5 nitrogen and oxygen atoms in total. The number of thiol groups is 1. The quantitative estimate of drug-likeness (QED) is 0.407. The first-order chi connectivity index (χ1) is 6.15. The van der Waals surface area contributed by atoms with Crippen LogP contribution in [0.2, 0.25) is 0 Å². The molecule has 0 radical (unpaired) electrons. The lowest BCUT2D eigenvalue weighted by Gasteiger charge is -2.12. The molecule has 6 heteroatoms. The first kappa shape index (κ1) is 12.2. The molecule has 0 aromatic heterocycles. The van der Waals surface area contributed by atoms with Gasteiger partial charge in [-0.3, -0.25) is 9.59 Å². The molecule has 76 valence electrons. The molecule has 0 rings (SSSR count). The third-order valence-corrected chi connectivity index (χ3v) is 1.91. The van der Waals surface area contributed by atoms with Gasteiger partial charge < -0.3 is 16.0 Å². The van der Waals surface area contributed by atoms with Crippen molar-refractivity contribution in [1.82, 2.24) is 16.0 Å². The van der Waals surface area contributed by atoms with Gasteiger partial charge in [-0.05, 0) is 7.05 Å². The summed E-state index contributed by atoms with van der Waals surface area (Å²) < 4.78 is 0. The van der Waals surface area contributed by atoms with Crippen molar-refractivity contribution in [3.63, 3.8) is 0 Å². The second-order valence-electron chi connectivity index (χ2n) is 2.41. The van der Waals surface area contributed by atoms with Gasteiger partial charge in [0.15, 0.2) is 0 Å². The van der Waals surface area contributed by atoms with Crippen LogP contribution >= 0.6 is 12.6 Å². The minimum Gasteiger partial charge on any atom is -0.358 e. The Kier molecular flexibility index (Phi) is 6.34. The average Bonchev–Trinajstić information content (AvgIpc) is 2.16. The molecule has 0 bridgehead atoms. The van der Waals surface area contributed by atoms with E-state index in [9.17, 15) is 9.59 Å². The molecular weight excluding hydrogens is 190 g/mol. The van der Waals surface area contributed by atoms with E-state index in [1.54, 1.807) is 7.05 Å². The molecule has 0 heterocycles. The molecule has 0 spiro atoms. The number of rotatable bonds is 5. The zero-order chi connectivity index (χ0) is 10.3. The van der Waals surface area contributed by atoms with Crippen LogP contribution in [0.25, 0.3) is 0 Å². The molecule has 0 aromatic carbocycles.